The second-order valence-electron chi connectivity index (χ2n) is 5.24. The number of halogens is 1. The molecular formula is C11H21ClN2O2S. The average molecular weight is 281 g/mol. The summed E-state index contributed by atoms with van der Waals surface area (Å²) in [5.41, 5.74) is 0. The lowest BCUT2D eigenvalue weighted by atomic mass is 9.91. The number of rotatable bonds is 5. The average Bonchev–Trinajstić information content (AvgIpc) is 2.52. The monoisotopic (exact) mass is 280 g/mol. The standard InChI is InChI=1S/C11H21ClN2O2S/c1-14-10-2-3-11(14)7-9(6-10)8-13-17(15,16)5-4-12/h9-11,13H,2-8H2,1H3. The fraction of sp³-hybridized carbons (Fsp3) is 1.00. The van der Waals surface area contributed by atoms with E-state index in [0.717, 1.165) is 12.8 Å². The normalized spacial score (nSPS) is 34.1. The molecule has 0 amide bonds. The molecule has 17 heavy (non-hydrogen) atoms. The molecule has 0 saturated carbocycles. The minimum Gasteiger partial charge on any atom is -0.300 e. The summed E-state index contributed by atoms with van der Waals surface area (Å²) in [4.78, 5) is 2.46. The highest BCUT2D eigenvalue weighted by atomic mass is 35.5. The van der Waals surface area contributed by atoms with E-state index in [4.69, 9.17) is 11.6 Å². The number of hydrogen-bond donors (Lipinski definition) is 1. The first kappa shape index (κ1) is 13.6. The molecule has 0 aromatic rings. The fourth-order valence-corrected chi connectivity index (χ4v) is 4.56. The molecule has 0 radical (unpaired) electrons. The fourth-order valence-electron chi connectivity index (χ4n) is 3.11. The summed E-state index contributed by atoms with van der Waals surface area (Å²) in [6.45, 7) is 0.583. The largest absolute Gasteiger partial charge is 0.300 e. The third-order valence-corrected chi connectivity index (χ3v) is 5.89. The van der Waals surface area contributed by atoms with Crippen molar-refractivity contribution in [1.82, 2.24) is 9.62 Å². The van der Waals surface area contributed by atoms with Gasteiger partial charge < -0.3 is 4.90 Å². The lowest BCUT2D eigenvalue weighted by Gasteiger charge is -2.36. The third-order valence-electron chi connectivity index (χ3n) is 4.13. The van der Waals surface area contributed by atoms with Gasteiger partial charge in [-0.05, 0) is 38.6 Å². The van der Waals surface area contributed by atoms with Crippen molar-refractivity contribution in [3.05, 3.63) is 0 Å². The van der Waals surface area contributed by atoms with E-state index >= 15 is 0 Å². The molecule has 6 heteroatoms. The maximum atomic E-state index is 11.5. The SMILES string of the molecule is CN1C2CCC1CC(CNS(=O)(=O)CCCl)C2. The highest BCUT2D eigenvalue weighted by Gasteiger charge is 2.38. The molecule has 4 nitrogen and oxygen atoms in total. The van der Waals surface area contributed by atoms with Crippen LogP contribution in [0, 0.1) is 5.92 Å². The minimum absolute atomic E-state index is 0.0219. The lowest BCUT2D eigenvalue weighted by Crippen LogP contribution is -2.43. The second kappa shape index (κ2) is 5.43. The van der Waals surface area contributed by atoms with Gasteiger partial charge >= 0.3 is 0 Å². The molecule has 2 heterocycles. The van der Waals surface area contributed by atoms with E-state index in [1.54, 1.807) is 0 Å². The number of fused-ring (bicyclic) bond motifs is 2. The first-order valence-electron chi connectivity index (χ1n) is 6.27. The maximum absolute atomic E-state index is 11.5. The number of hydrogen-bond acceptors (Lipinski definition) is 3. The molecule has 2 unspecified atom stereocenters. The quantitative estimate of drug-likeness (QED) is 0.765. The number of alkyl halides is 1. The van der Waals surface area contributed by atoms with Crippen LogP contribution in [0.5, 0.6) is 0 Å². The Kier molecular flexibility index (Phi) is 4.34. The number of sulfonamides is 1. The van der Waals surface area contributed by atoms with Crippen molar-refractivity contribution in [2.45, 2.75) is 37.8 Å². The van der Waals surface area contributed by atoms with Crippen molar-refractivity contribution in [3.8, 4) is 0 Å². The molecule has 2 saturated heterocycles. The minimum atomic E-state index is -3.15. The first-order valence-corrected chi connectivity index (χ1v) is 8.46. The van der Waals surface area contributed by atoms with E-state index in [1.165, 1.54) is 12.8 Å². The summed E-state index contributed by atoms with van der Waals surface area (Å²) >= 11 is 5.46. The Morgan fingerprint density at radius 3 is 2.41 bits per heavy atom. The second-order valence-corrected chi connectivity index (χ2v) is 7.55. The van der Waals surface area contributed by atoms with Crippen molar-refractivity contribution in [2.24, 2.45) is 5.92 Å². The molecule has 2 aliphatic heterocycles. The van der Waals surface area contributed by atoms with Crippen LogP contribution >= 0.6 is 11.6 Å². The molecule has 2 rings (SSSR count). The molecule has 2 aliphatic rings. The smallest absolute Gasteiger partial charge is 0.212 e. The van der Waals surface area contributed by atoms with Crippen LogP contribution < -0.4 is 4.72 Å². The summed E-state index contributed by atoms with van der Waals surface area (Å²) in [6.07, 6.45) is 4.78. The Morgan fingerprint density at radius 2 is 1.88 bits per heavy atom. The molecular weight excluding hydrogens is 260 g/mol. The highest BCUT2D eigenvalue weighted by Crippen LogP contribution is 2.37. The van der Waals surface area contributed by atoms with Crippen LogP contribution in [0.3, 0.4) is 0 Å². The van der Waals surface area contributed by atoms with Crippen LogP contribution in [-0.2, 0) is 10.0 Å². The van der Waals surface area contributed by atoms with Crippen molar-refractivity contribution >= 4 is 21.6 Å². The van der Waals surface area contributed by atoms with Gasteiger partial charge in [0.05, 0.1) is 5.75 Å². The molecule has 0 aliphatic carbocycles. The van der Waals surface area contributed by atoms with Crippen LogP contribution in [0.15, 0.2) is 0 Å². The Labute approximate surface area is 109 Å². The molecule has 1 N–H and O–H groups in total. The molecule has 2 bridgehead atoms. The Morgan fingerprint density at radius 1 is 1.29 bits per heavy atom. The van der Waals surface area contributed by atoms with Gasteiger partial charge in [0.15, 0.2) is 0 Å². The van der Waals surface area contributed by atoms with Crippen molar-refractivity contribution in [1.29, 1.82) is 0 Å². The van der Waals surface area contributed by atoms with Gasteiger partial charge in [0.25, 0.3) is 0 Å². The third kappa shape index (κ3) is 3.34. The zero-order chi connectivity index (χ0) is 12.5. The Hall–Kier alpha value is 0.160. The molecule has 0 aromatic carbocycles. The molecule has 0 aromatic heterocycles. The number of nitrogens with one attached hydrogen (secondary N) is 1. The van der Waals surface area contributed by atoms with Gasteiger partial charge in [0.1, 0.15) is 0 Å². The summed E-state index contributed by atoms with van der Waals surface area (Å²) in [6, 6.07) is 1.33. The molecule has 2 atom stereocenters. The number of nitrogens with zero attached hydrogens (tertiary/aromatic N) is 1. The Bertz CT molecular complexity index is 346. The van der Waals surface area contributed by atoms with Crippen molar-refractivity contribution < 1.29 is 8.42 Å². The maximum Gasteiger partial charge on any atom is 0.212 e. The lowest BCUT2D eigenvalue weighted by molar-refractivity contribution is 0.135. The topological polar surface area (TPSA) is 49.4 Å². The number of piperidine rings is 1. The zero-order valence-corrected chi connectivity index (χ0v) is 11.8. The predicted molar refractivity (Wildman–Crippen MR) is 69.8 cm³/mol. The molecule has 100 valence electrons. The summed E-state index contributed by atoms with van der Waals surface area (Å²) in [5.74, 6) is 0.677. The van der Waals surface area contributed by atoms with E-state index in [2.05, 4.69) is 16.7 Å². The van der Waals surface area contributed by atoms with Gasteiger partial charge in [0.2, 0.25) is 10.0 Å². The van der Waals surface area contributed by atoms with E-state index in [1.807, 2.05) is 0 Å². The Balaban J connectivity index is 1.82. The van der Waals surface area contributed by atoms with Gasteiger partial charge in [-0.15, -0.1) is 11.6 Å². The molecule has 0 spiro atoms. The summed E-state index contributed by atoms with van der Waals surface area (Å²) < 4.78 is 25.7. The highest BCUT2D eigenvalue weighted by molar-refractivity contribution is 7.89. The summed E-state index contributed by atoms with van der Waals surface area (Å²) in [5, 5.41) is 0. The van der Waals surface area contributed by atoms with Crippen molar-refractivity contribution in [3.63, 3.8) is 0 Å². The predicted octanol–water partition coefficient (Wildman–Crippen LogP) is 1.02. The van der Waals surface area contributed by atoms with E-state index in [9.17, 15) is 8.42 Å². The van der Waals surface area contributed by atoms with Gasteiger partial charge in [-0.25, -0.2) is 13.1 Å². The van der Waals surface area contributed by atoms with Gasteiger partial charge in [-0.1, -0.05) is 0 Å². The van der Waals surface area contributed by atoms with Crippen LogP contribution in [0.25, 0.3) is 0 Å². The summed E-state index contributed by atoms with van der Waals surface area (Å²) in [7, 11) is -0.964. The van der Waals surface area contributed by atoms with Crippen molar-refractivity contribution in [2.75, 3.05) is 25.2 Å². The van der Waals surface area contributed by atoms with E-state index in [-0.39, 0.29) is 11.6 Å². The first-order chi connectivity index (χ1) is 8.02. The van der Waals surface area contributed by atoms with Crippen LogP contribution in [0.4, 0.5) is 0 Å². The van der Waals surface area contributed by atoms with Crippen LogP contribution in [0.2, 0.25) is 0 Å². The van der Waals surface area contributed by atoms with Crippen LogP contribution in [0.1, 0.15) is 25.7 Å². The molecule has 2 fully saturated rings. The van der Waals surface area contributed by atoms with Gasteiger partial charge in [0, 0.05) is 24.5 Å². The van der Waals surface area contributed by atoms with Gasteiger partial charge in [-0.3, -0.25) is 0 Å². The van der Waals surface area contributed by atoms with Gasteiger partial charge in [-0.2, -0.15) is 0 Å². The van der Waals surface area contributed by atoms with E-state index in [0.29, 0.717) is 24.5 Å². The van der Waals surface area contributed by atoms with E-state index < -0.39 is 10.0 Å². The zero-order valence-electron chi connectivity index (χ0n) is 10.2. The van der Waals surface area contributed by atoms with Crippen LogP contribution in [-0.4, -0.2) is 50.6 Å².